The highest BCUT2D eigenvalue weighted by molar-refractivity contribution is 5.93. The number of para-hydroxylation sites is 3. The van der Waals surface area contributed by atoms with E-state index in [0.29, 0.717) is 25.3 Å². The van der Waals surface area contributed by atoms with Crippen LogP contribution < -0.4 is 9.64 Å². The largest absolute Gasteiger partial charge is 0.497 e. The second-order valence-electron chi connectivity index (χ2n) is 9.10. The number of hydrogen-bond acceptors (Lipinski definition) is 5. The summed E-state index contributed by atoms with van der Waals surface area (Å²) in [6.07, 6.45) is 0.855. The Hall–Kier alpha value is -4.59. The molecule has 5 aromatic rings. The molecular weight excluding hydrogens is 464 g/mol. The van der Waals surface area contributed by atoms with Gasteiger partial charge in [0, 0.05) is 31.7 Å². The molecule has 8 heteroatoms. The number of anilines is 1. The van der Waals surface area contributed by atoms with E-state index in [1.165, 1.54) is 0 Å². The number of hydrogen-bond donors (Lipinski definition) is 1. The summed E-state index contributed by atoms with van der Waals surface area (Å²) in [5, 5.41) is 4.77. The van der Waals surface area contributed by atoms with Crippen LogP contribution in [0.5, 0.6) is 5.75 Å². The summed E-state index contributed by atoms with van der Waals surface area (Å²) in [6, 6.07) is 27.6. The lowest BCUT2D eigenvalue weighted by molar-refractivity contribution is 0.0760. The van der Waals surface area contributed by atoms with Gasteiger partial charge in [0.25, 0.3) is 5.91 Å². The molecule has 0 unspecified atom stereocenters. The predicted molar refractivity (Wildman–Crippen MR) is 144 cm³/mol. The molecule has 0 atom stereocenters. The monoisotopic (exact) mass is 492 g/mol. The van der Waals surface area contributed by atoms with Gasteiger partial charge < -0.3 is 19.5 Å². The molecule has 37 heavy (non-hydrogen) atoms. The summed E-state index contributed by atoms with van der Waals surface area (Å²) in [5.74, 6) is 1.57. The Bertz CT molecular complexity index is 1490. The minimum Gasteiger partial charge on any atom is -0.497 e. The molecule has 6 rings (SSSR count). The molecule has 8 nitrogen and oxygen atoms in total. The van der Waals surface area contributed by atoms with Gasteiger partial charge in [0.2, 0.25) is 5.95 Å². The lowest BCUT2D eigenvalue weighted by Gasteiger charge is -2.21. The molecule has 1 fully saturated rings. The zero-order valence-corrected chi connectivity index (χ0v) is 20.7. The Balaban J connectivity index is 1.26. The summed E-state index contributed by atoms with van der Waals surface area (Å²) in [6.45, 7) is 2.81. The molecule has 0 saturated carbocycles. The van der Waals surface area contributed by atoms with Crippen molar-refractivity contribution in [2.75, 3.05) is 38.2 Å². The van der Waals surface area contributed by atoms with E-state index in [1.807, 2.05) is 94.5 Å². The van der Waals surface area contributed by atoms with Crippen LogP contribution in [0.3, 0.4) is 0 Å². The van der Waals surface area contributed by atoms with Crippen molar-refractivity contribution in [2.45, 2.75) is 6.42 Å². The second kappa shape index (κ2) is 9.81. The van der Waals surface area contributed by atoms with Crippen molar-refractivity contribution in [1.29, 1.82) is 0 Å². The van der Waals surface area contributed by atoms with Gasteiger partial charge in [-0.3, -0.25) is 4.79 Å². The highest BCUT2D eigenvalue weighted by Gasteiger charge is 2.25. The number of aromatic nitrogens is 4. The maximum atomic E-state index is 13.7. The standard InChI is InChI=1S/C29H28N6O2/c1-37-23-14-12-21(13-15-23)27-20-26(32-35(27)22-8-3-2-4-9-22)28(36)33-16-7-17-34(19-18-33)29-30-24-10-5-6-11-25(24)31-29/h2-6,8-15,20H,7,16-19H2,1H3,(H,30,31). The number of amides is 1. The fourth-order valence-corrected chi connectivity index (χ4v) is 4.80. The molecule has 0 bridgehead atoms. The third kappa shape index (κ3) is 4.53. The first kappa shape index (κ1) is 22.8. The van der Waals surface area contributed by atoms with E-state index in [-0.39, 0.29) is 5.91 Å². The van der Waals surface area contributed by atoms with E-state index in [4.69, 9.17) is 14.8 Å². The van der Waals surface area contributed by atoms with Gasteiger partial charge in [0.05, 0.1) is 29.5 Å². The average molecular weight is 493 g/mol. The number of nitrogens with one attached hydrogen (secondary N) is 1. The van der Waals surface area contributed by atoms with Crippen LogP contribution in [-0.2, 0) is 0 Å². The molecule has 1 aliphatic rings. The predicted octanol–water partition coefficient (Wildman–Crippen LogP) is 4.78. The van der Waals surface area contributed by atoms with E-state index >= 15 is 0 Å². The van der Waals surface area contributed by atoms with Crippen molar-refractivity contribution >= 4 is 22.9 Å². The third-order valence-electron chi connectivity index (χ3n) is 6.77. The highest BCUT2D eigenvalue weighted by Crippen LogP contribution is 2.27. The molecule has 1 saturated heterocycles. The van der Waals surface area contributed by atoms with Crippen LogP contribution >= 0.6 is 0 Å². The van der Waals surface area contributed by atoms with E-state index in [1.54, 1.807) is 7.11 Å². The summed E-state index contributed by atoms with van der Waals surface area (Å²) in [5.41, 5.74) is 5.13. The van der Waals surface area contributed by atoms with Gasteiger partial charge in [-0.15, -0.1) is 0 Å². The molecule has 1 amide bonds. The summed E-state index contributed by atoms with van der Waals surface area (Å²) >= 11 is 0. The Morgan fingerprint density at radius 3 is 2.46 bits per heavy atom. The first-order valence-electron chi connectivity index (χ1n) is 12.5. The van der Waals surface area contributed by atoms with Crippen LogP contribution in [0.1, 0.15) is 16.9 Å². The van der Waals surface area contributed by atoms with Gasteiger partial charge in [0.1, 0.15) is 5.75 Å². The SMILES string of the molecule is COc1ccc(-c2cc(C(=O)N3CCCN(c4nc5ccccc5[nH]4)CC3)nn2-c2ccccc2)cc1. The number of methoxy groups -OCH3 is 1. The normalized spacial score (nSPS) is 14.1. The van der Waals surface area contributed by atoms with Gasteiger partial charge in [-0.25, -0.2) is 9.67 Å². The minimum absolute atomic E-state index is 0.0594. The Morgan fingerprint density at radius 2 is 1.68 bits per heavy atom. The number of carbonyl (C=O) groups excluding carboxylic acids is 1. The zero-order chi connectivity index (χ0) is 25.2. The van der Waals surface area contributed by atoms with Crippen molar-refractivity contribution < 1.29 is 9.53 Å². The number of fused-ring (bicyclic) bond motifs is 1. The smallest absolute Gasteiger partial charge is 0.274 e. The van der Waals surface area contributed by atoms with E-state index < -0.39 is 0 Å². The number of rotatable bonds is 5. The fraction of sp³-hybridized carbons (Fsp3) is 0.207. The topological polar surface area (TPSA) is 79.3 Å². The Kier molecular flexibility index (Phi) is 6.06. The van der Waals surface area contributed by atoms with E-state index in [0.717, 1.165) is 52.6 Å². The van der Waals surface area contributed by atoms with Crippen molar-refractivity contribution in [3.05, 3.63) is 90.6 Å². The van der Waals surface area contributed by atoms with Gasteiger partial charge in [0.15, 0.2) is 5.69 Å². The maximum Gasteiger partial charge on any atom is 0.274 e. The van der Waals surface area contributed by atoms with Crippen LogP contribution in [0.15, 0.2) is 84.9 Å². The lowest BCUT2D eigenvalue weighted by atomic mass is 10.1. The molecule has 0 aliphatic carbocycles. The second-order valence-corrected chi connectivity index (χ2v) is 9.10. The summed E-state index contributed by atoms with van der Waals surface area (Å²) in [7, 11) is 1.65. The molecule has 186 valence electrons. The van der Waals surface area contributed by atoms with Gasteiger partial charge in [-0.1, -0.05) is 30.3 Å². The molecular formula is C29H28N6O2. The first-order valence-corrected chi connectivity index (χ1v) is 12.5. The molecule has 2 aromatic heterocycles. The number of imidazole rings is 1. The van der Waals surface area contributed by atoms with Gasteiger partial charge in [-0.2, -0.15) is 5.10 Å². The Morgan fingerprint density at radius 1 is 0.892 bits per heavy atom. The van der Waals surface area contributed by atoms with Crippen molar-refractivity contribution in [1.82, 2.24) is 24.6 Å². The molecule has 0 spiro atoms. The lowest BCUT2D eigenvalue weighted by Crippen LogP contribution is -2.35. The van der Waals surface area contributed by atoms with E-state index in [9.17, 15) is 4.79 Å². The minimum atomic E-state index is -0.0594. The van der Waals surface area contributed by atoms with Crippen LogP contribution in [-0.4, -0.2) is 63.8 Å². The molecule has 1 aliphatic heterocycles. The first-order chi connectivity index (χ1) is 18.2. The molecule has 1 N–H and O–H groups in total. The quantitative estimate of drug-likeness (QED) is 0.382. The number of nitrogens with zero attached hydrogens (tertiary/aromatic N) is 5. The van der Waals surface area contributed by atoms with E-state index in [2.05, 4.69) is 9.88 Å². The number of H-pyrrole nitrogens is 1. The molecule has 0 radical (unpaired) electrons. The maximum absolute atomic E-state index is 13.7. The van der Waals surface area contributed by atoms with Gasteiger partial charge >= 0.3 is 0 Å². The fourth-order valence-electron chi connectivity index (χ4n) is 4.80. The van der Waals surface area contributed by atoms with Crippen LogP contribution in [0.25, 0.3) is 28.0 Å². The van der Waals surface area contributed by atoms with Crippen LogP contribution in [0.2, 0.25) is 0 Å². The average Bonchev–Trinajstić information content (AvgIpc) is 3.51. The number of aromatic amines is 1. The van der Waals surface area contributed by atoms with Crippen LogP contribution in [0, 0.1) is 0 Å². The number of benzene rings is 3. The summed E-state index contributed by atoms with van der Waals surface area (Å²) < 4.78 is 7.16. The van der Waals surface area contributed by atoms with Crippen molar-refractivity contribution in [3.63, 3.8) is 0 Å². The number of carbonyl (C=O) groups is 1. The summed E-state index contributed by atoms with van der Waals surface area (Å²) in [4.78, 5) is 25.9. The zero-order valence-electron chi connectivity index (χ0n) is 20.7. The van der Waals surface area contributed by atoms with Crippen molar-refractivity contribution in [2.24, 2.45) is 0 Å². The Labute approximate surface area is 215 Å². The van der Waals surface area contributed by atoms with Crippen LogP contribution in [0.4, 0.5) is 5.95 Å². The number of ether oxygens (including phenoxy) is 1. The molecule has 3 heterocycles. The van der Waals surface area contributed by atoms with Crippen molar-refractivity contribution in [3.8, 4) is 22.7 Å². The highest BCUT2D eigenvalue weighted by atomic mass is 16.5. The molecule has 3 aromatic carbocycles. The van der Waals surface area contributed by atoms with Gasteiger partial charge in [-0.05, 0) is 61.0 Å². The third-order valence-corrected chi connectivity index (χ3v) is 6.77.